The Bertz CT molecular complexity index is 399. The Hall–Kier alpha value is -1.84. The number of nitrogens with two attached hydrogens (primary N) is 1. The first-order chi connectivity index (χ1) is 7.10. The Morgan fingerprint density at radius 2 is 2.07 bits per heavy atom. The van der Waals surface area contributed by atoms with E-state index in [1.807, 2.05) is 0 Å². The number of methoxy groups -OCH3 is 1. The maximum absolute atomic E-state index is 11.4. The second-order valence-corrected chi connectivity index (χ2v) is 3.07. The van der Waals surface area contributed by atoms with Crippen molar-refractivity contribution < 1.29 is 14.3 Å². The van der Waals surface area contributed by atoms with Gasteiger partial charge < -0.3 is 10.5 Å². The van der Waals surface area contributed by atoms with Gasteiger partial charge in [-0.25, -0.2) is 4.79 Å². The lowest BCUT2D eigenvalue weighted by molar-refractivity contribution is 0.0602. The van der Waals surface area contributed by atoms with Crippen molar-refractivity contribution in [1.29, 1.82) is 0 Å². The van der Waals surface area contributed by atoms with Crippen molar-refractivity contribution >= 4 is 17.4 Å². The largest absolute Gasteiger partial charge is 0.465 e. The highest BCUT2D eigenvalue weighted by molar-refractivity contribution is 6.01. The van der Waals surface area contributed by atoms with E-state index in [0.29, 0.717) is 17.7 Å². The number of benzene rings is 1. The van der Waals surface area contributed by atoms with E-state index in [9.17, 15) is 9.59 Å². The van der Waals surface area contributed by atoms with Gasteiger partial charge in [-0.2, -0.15) is 0 Å². The molecular formula is C11H13NO3. The molecular weight excluding hydrogens is 194 g/mol. The number of ether oxygens (including phenoxy) is 1. The average molecular weight is 207 g/mol. The van der Waals surface area contributed by atoms with Crippen molar-refractivity contribution in [2.75, 3.05) is 12.8 Å². The number of anilines is 1. The van der Waals surface area contributed by atoms with Gasteiger partial charge in [0, 0.05) is 17.7 Å². The Kier molecular flexibility index (Phi) is 3.44. The van der Waals surface area contributed by atoms with E-state index in [-0.39, 0.29) is 11.3 Å². The molecule has 0 atom stereocenters. The van der Waals surface area contributed by atoms with Crippen molar-refractivity contribution in [1.82, 2.24) is 0 Å². The number of carbonyl (C=O) groups is 2. The molecule has 0 aliphatic rings. The number of hydrogen-bond acceptors (Lipinski definition) is 4. The summed E-state index contributed by atoms with van der Waals surface area (Å²) in [6.45, 7) is 1.76. The number of esters is 1. The van der Waals surface area contributed by atoms with Gasteiger partial charge in [0.1, 0.15) is 0 Å². The summed E-state index contributed by atoms with van der Waals surface area (Å²) in [7, 11) is 1.27. The normalized spacial score (nSPS) is 9.73. The molecule has 0 saturated carbocycles. The molecule has 2 N–H and O–H groups in total. The maximum Gasteiger partial charge on any atom is 0.339 e. The van der Waals surface area contributed by atoms with Crippen LogP contribution < -0.4 is 5.73 Å². The summed E-state index contributed by atoms with van der Waals surface area (Å²) >= 11 is 0. The van der Waals surface area contributed by atoms with Crippen molar-refractivity contribution in [2.24, 2.45) is 0 Å². The van der Waals surface area contributed by atoms with Gasteiger partial charge in [-0.3, -0.25) is 4.79 Å². The van der Waals surface area contributed by atoms with Gasteiger partial charge in [0.25, 0.3) is 0 Å². The Morgan fingerprint density at radius 1 is 1.40 bits per heavy atom. The van der Waals surface area contributed by atoms with Gasteiger partial charge in [0.15, 0.2) is 5.78 Å². The van der Waals surface area contributed by atoms with Crippen LogP contribution in [0.3, 0.4) is 0 Å². The molecule has 0 bridgehead atoms. The Labute approximate surface area is 88.0 Å². The first kappa shape index (κ1) is 11.2. The van der Waals surface area contributed by atoms with Gasteiger partial charge in [0.05, 0.1) is 12.7 Å². The number of hydrogen-bond donors (Lipinski definition) is 1. The Morgan fingerprint density at radius 3 is 2.60 bits per heavy atom. The van der Waals surface area contributed by atoms with E-state index >= 15 is 0 Å². The summed E-state index contributed by atoms with van der Waals surface area (Å²) in [6.07, 6.45) is 0.393. The van der Waals surface area contributed by atoms with Crippen LogP contribution in [0.1, 0.15) is 34.1 Å². The number of nitrogen functional groups attached to an aromatic ring is 1. The van der Waals surface area contributed by atoms with E-state index < -0.39 is 5.97 Å². The molecule has 4 heteroatoms. The lowest BCUT2D eigenvalue weighted by Gasteiger charge is -2.05. The molecule has 1 aromatic rings. The summed E-state index contributed by atoms with van der Waals surface area (Å²) in [6, 6.07) is 4.61. The fourth-order valence-electron chi connectivity index (χ4n) is 1.22. The SMILES string of the molecule is CCC(=O)c1ccc(N)c(C(=O)OC)c1. The summed E-state index contributed by atoms with van der Waals surface area (Å²) < 4.78 is 4.56. The van der Waals surface area contributed by atoms with E-state index in [1.54, 1.807) is 13.0 Å². The zero-order chi connectivity index (χ0) is 11.4. The predicted octanol–water partition coefficient (Wildman–Crippen LogP) is 1.65. The lowest BCUT2D eigenvalue weighted by atomic mass is 10.0. The van der Waals surface area contributed by atoms with Crippen molar-refractivity contribution in [3.05, 3.63) is 29.3 Å². The summed E-state index contributed by atoms with van der Waals surface area (Å²) in [4.78, 5) is 22.7. The zero-order valence-electron chi connectivity index (χ0n) is 8.74. The van der Waals surface area contributed by atoms with E-state index in [2.05, 4.69) is 4.74 Å². The van der Waals surface area contributed by atoms with Crippen LogP contribution in [-0.4, -0.2) is 18.9 Å². The van der Waals surface area contributed by atoms with Crippen LogP contribution in [0.25, 0.3) is 0 Å². The van der Waals surface area contributed by atoms with Crippen molar-refractivity contribution in [2.45, 2.75) is 13.3 Å². The first-order valence-corrected chi connectivity index (χ1v) is 4.61. The van der Waals surface area contributed by atoms with Crippen LogP contribution in [0.5, 0.6) is 0 Å². The van der Waals surface area contributed by atoms with Crippen LogP contribution in [-0.2, 0) is 4.74 Å². The molecule has 0 unspecified atom stereocenters. The van der Waals surface area contributed by atoms with E-state index in [0.717, 1.165) is 0 Å². The molecule has 0 aliphatic heterocycles. The third kappa shape index (κ3) is 2.34. The highest BCUT2D eigenvalue weighted by atomic mass is 16.5. The minimum atomic E-state index is -0.529. The quantitative estimate of drug-likeness (QED) is 0.464. The minimum Gasteiger partial charge on any atom is -0.465 e. The van der Waals surface area contributed by atoms with Crippen molar-refractivity contribution in [3.63, 3.8) is 0 Å². The van der Waals surface area contributed by atoms with Gasteiger partial charge in [0.2, 0.25) is 0 Å². The number of Topliss-reactive ketones (excluding diaryl/α,β-unsaturated/α-hetero) is 1. The lowest BCUT2D eigenvalue weighted by Crippen LogP contribution is -2.08. The molecule has 4 nitrogen and oxygen atoms in total. The third-order valence-corrected chi connectivity index (χ3v) is 2.10. The second kappa shape index (κ2) is 4.59. The van der Waals surface area contributed by atoms with Gasteiger partial charge >= 0.3 is 5.97 Å². The molecule has 0 saturated heterocycles. The zero-order valence-corrected chi connectivity index (χ0v) is 8.74. The molecule has 0 aliphatic carbocycles. The van der Waals surface area contributed by atoms with Gasteiger partial charge in [-0.15, -0.1) is 0 Å². The van der Waals surface area contributed by atoms with Crippen LogP contribution in [0.15, 0.2) is 18.2 Å². The molecule has 0 fully saturated rings. The average Bonchev–Trinajstić information content (AvgIpc) is 2.27. The molecule has 0 spiro atoms. The molecule has 80 valence electrons. The second-order valence-electron chi connectivity index (χ2n) is 3.07. The fraction of sp³-hybridized carbons (Fsp3) is 0.273. The van der Waals surface area contributed by atoms with Crippen LogP contribution >= 0.6 is 0 Å². The van der Waals surface area contributed by atoms with E-state index in [1.165, 1.54) is 19.2 Å². The fourth-order valence-corrected chi connectivity index (χ4v) is 1.22. The highest BCUT2D eigenvalue weighted by Gasteiger charge is 2.12. The standard InChI is InChI=1S/C11H13NO3/c1-3-10(13)7-4-5-9(12)8(6-7)11(14)15-2/h4-6H,3,12H2,1-2H3. The monoisotopic (exact) mass is 207 g/mol. The molecule has 0 aromatic heterocycles. The smallest absolute Gasteiger partial charge is 0.339 e. The van der Waals surface area contributed by atoms with Crippen LogP contribution in [0.4, 0.5) is 5.69 Å². The predicted molar refractivity (Wildman–Crippen MR) is 56.8 cm³/mol. The third-order valence-electron chi connectivity index (χ3n) is 2.10. The molecule has 1 aromatic carbocycles. The minimum absolute atomic E-state index is 0.0276. The van der Waals surface area contributed by atoms with Crippen LogP contribution in [0.2, 0.25) is 0 Å². The van der Waals surface area contributed by atoms with Gasteiger partial charge in [-0.1, -0.05) is 6.92 Å². The number of carbonyl (C=O) groups excluding carboxylic acids is 2. The molecule has 1 rings (SSSR count). The first-order valence-electron chi connectivity index (χ1n) is 4.61. The summed E-state index contributed by atoms with van der Waals surface area (Å²) in [5, 5.41) is 0. The molecule has 0 heterocycles. The highest BCUT2D eigenvalue weighted by Crippen LogP contribution is 2.16. The number of ketones is 1. The van der Waals surface area contributed by atoms with Crippen LogP contribution in [0, 0.1) is 0 Å². The molecule has 0 amide bonds. The summed E-state index contributed by atoms with van der Waals surface area (Å²) in [5.41, 5.74) is 6.62. The van der Waals surface area contributed by atoms with Crippen molar-refractivity contribution in [3.8, 4) is 0 Å². The molecule has 15 heavy (non-hydrogen) atoms. The Balaban J connectivity index is 3.16. The molecule has 0 radical (unpaired) electrons. The maximum atomic E-state index is 11.4. The number of rotatable bonds is 3. The van der Waals surface area contributed by atoms with E-state index in [4.69, 9.17) is 5.73 Å². The summed E-state index contributed by atoms with van der Waals surface area (Å²) in [5.74, 6) is -0.557. The van der Waals surface area contributed by atoms with Gasteiger partial charge in [-0.05, 0) is 18.2 Å². The topological polar surface area (TPSA) is 69.4 Å².